The normalized spacial score (nSPS) is 11.0. The highest BCUT2D eigenvalue weighted by Gasteiger charge is 2.08. The smallest absolute Gasteiger partial charge is 0.137 e. The topological polar surface area (TPSA) is 33.4 Å². The van der Waals surface area contributed by atoms with Crippen molar-refractivity contribution in [2.45, 2.75) is 13.8 Å². The van der Waals surface area contributed by atoms with Gasteiger partial charge >= 0.3 is 0 Å². The maximum absolute atomic E-state index is 9.54. The number of hydrogen-bond donors (Lipinski definition) is 1. The lowest BCUT2D eigenvalue weighted by molar-refractivity contribution is 0.471. The second-order valence-electron chi connectivity index (χ2n) is 4.61. The second-order valence-corrected chi connectivity index (χ2v) is 4.61. The van der Waals surface area contributed by atoms with Crippen molar-refractivity contribution in [2.24, 2.45) is 0 Å². The molecule has 2 nitrogen and oxygen atoms in total. The molecule has 1 aromatic heterocycles. The van der Waals surface area contributed by atoms with Gasteiger partial charge in [-0.2, -0.15) is 0 Å². The fraction of sp³-hybridized carbons (Fsp3) is 0.125. The molecule has 3 rings (SSSR count). The third-order valence-corrected chi connectivity index (χ3v) is 3.22. The van der Waals surface area contributed by atoms with Crippen LogP contribution in [0.2, 0.25) is 0 Å². The first-order valence-electron chi connectivity index (χ1n) is 5.94. The molecule has 0 atom stereocenters. The van der Waals surface area contributed by atoms with Gasteiger partial charge in [0.25, 0.3) is 0 Å². The average Bonchev–Trinajstić information content (AvgIpc) is 2.78. The van der Waals surface area contributed by atoms with Gasteiger partial charge in [-0.25, -0.2) is 0 Å². The van der Waals surface area contributed by atoms with Gasteiger partial charge in [0, 0.05) is 10.9 Å². The van der Waals surface area contributed by atoms with Crippen molar-refractivity contribution in [2.75, 3.05) is 0 Å². The number of para-hydroxylation sites is 1. The lowest BCUT2D eigenvalue weighted by atomic mass is 10.1. The minimum atomic E-state index is 0.311. The Morgan fingerprint density at radius 3 is 2.50 bits per heavy atom. The number of phenolic OH excluding ortho intramolecular Hbond substituents is 1. The molecule has 90 valence electrons. The Morgan fingerprint density at radius 2 is 1.78 bits per heavy atom. The largest absolute Gasteiger partial charge is 0.508 e. The Kier molecular flexibility index (Phi) is 2.37. The monoisotopic (exact) mass is 238 g/mol. The highest BCUT2D eigenvalue weighted by atomic mass is 16.3. The summed E-state index contributed by atoms with van der Waals surface area (Å²) in [7, 11) is 0. The van der Waals surface area contributed by atoms with Gasteiger partial charge in [-0.1, -0.05) is 18.2 Å². The molecule has 18 heavy (non-hydrogen) atoms. The van der Waals surface area contributed by atoms with Gasteiger partial charge in [-0.15, -0.1) is 0 Å². The molecule has 2 aromatic carbocycles. The van der Waals surface area contributed by atoms with Gasteiger partial charge in [-0.05, 0) is 49.2 Å². The summed E-state index contributed by atoms with van der Waals surface area (Å²) in [4.78, 5) is 0. The van der Waals surface area contributed by atoms with Crippen LogP contribution < -0.4 is 0 Å². The Balaban J connectivity index is 2.19. The van der Waals surface area contributed by atoms with E-state index in [1.807, 2.05) is 50.2 Å². The van der Waals surface area contributed by atoms with E-state index >= 15 is 0 Å². The van der Waals surface area contributed by atoms with E-state index in [1.54, 1.807) is 6.07 Å². The number of furan rings is 1. The molecule has 0 radical (unpaired) electrons. The Bertz CT molecular complexity index is 723. The van der Waals surface area contributed by atoms with E-state index in [-0.39, 0.29) is 0 Å². The standard InChI is InChI=1S/C16H14O2/c1-10-4-3-5-13-9-15(18-16(10)13)12-6-7-14(17)11(2)8-12/h3-9,17H,1-2H3. The van der Waals surface area contributed by atoms with Crippen molar-refractivity contribution in [1.29, 1.82) is 0 Å². The van der Waals surface area contributed by atoms with Crippen LogP contribution in [0.25, 0.3) is 22.3 Å². The van der Waals surface area contributed by atoms with Gasteiger partial charge < -0.3 is 9.52 Å². The van der Waals surface area contributed by atoms with E-state index in [2.05, 4.69) is 0 Å². The quantitative estimate of drug-likeness (QED) is 0.680. The number of hydrogen-bond acceptors (Lipinski definition) is 2. The van der Waals surface area contributed by atoms with Gasteiger partial charge in [0.05, 0.1) is 0 Å². The maximum Gasteiger partial charge on any atom is 0.137 e. The highest BCUT2D eigenvalue weighted by molar-refractivity contribution is 5.85. The first-order chi connectivity index (χ1) is 8.65. The van der Waals surface area contributed by atoms with Crippen LogP contribution in [-0.4, -0.2) is 5.11 Å². The fourth-order valence-corrected chi connectivity index (χ4v) is 2.16. The molecule has 0 saturated carbocycles. The highest BCUT2D eigenvalue weighted by Crippen LogP contribution is 2.31. The van der Waals surface area contributed by atoms with E-state index in [1.165, 1.54) is 0 Å². The zero-order valence-electron chi connectivity index (χ0n) is 10.4. The number of phenols is 1. The maximum atomic E-state index is 9.54. The van der Waals surface area contributed by atoms with Crippen LogP contribution in [0.4, 0.5) is 0 Å². The summed E-state index contributed by atoms with van der Waals surface area (Å²) in [5.41, 5.74) is 3.90. The summed E-state index contributed by atoms with van der Waals surface area (Å²) in [6, 6.07) is 13.6. The van der Waals surface area contributed by atoms with Crippen LogP contribution in [0.15, 0.2) is 46.9 Å². The first kappa shape index (κ1) is 10.9. The summed E-state index contributed by atoms with van der Waals surface area (Å²) in [6.45, 7) is 3.92. The zero-order chi connectivity index (χ0) is 12.7. The summed E-state index contributed by atoms with van der Waals surface area (Å²) in [6.07, 6.45) is 0. The predicted octanol–water partition coefficient (Wildman–Crippen LogP) is 4.42. The molecular weight excluding hydrogens is 224 g/mol. The lowest BCUT2D eigenvalue weighted by Gasteiger charge is -2.01. The molecule has 0 unspecified atom stereocenters. The van der Waals surface area contributed by atoms with E-state index < -0.39 is 0 Å². The third kappa shape index (κ3) is 1.66. The molecule has 0 aliphatic carbocycles. The molecule has 1 heterocycles. The van der Waals surface area contributed by atoms with Gasteiger partial charge in [-0.3, -0.25) is 0 Å². The van der Waals surface area contributed by atoms with Crippen LogP contribution in [0, 0.1) is 13.8 Å². The van der Waals surface area contributed by atoms with Crippen molar-refractivity contribution in [3.63, 3.8) is 0 Å². The molecular formula is C16H14O2. The van der Waals surface area contributed by atoms with Crippen molar-refractivity contribution >= 4 is 11.0 Å². The van der Waals surface area contributed by atoms with Crippen LogP contribution in [0.1, 0.15) is 11.1 Å². The van der Waals surface area contributed by atoms with Crippen LogP contribution in [-0.2, 0) is 0 Å². The molecule has 0 amide bonds. The molecule has 0 saturated heterocycles. The van der Waals surface area contributed by atoms with Crippen molar-refractivity contribution < 1.29 is 9.52 Å². The van der Waals surface area contributed by atoms with Crippen molar-refractivity contribution in [3.05, 3.63) is 53.6 Å². The first-order valence-corrected chi connectivity index (χ1v) is 5.94. The van der Waals surface area contributed by atoms with E-state index in [0.717, 1.165) is 33.4 Å². The molecule has 0 fully saturated rings. The molecule has 0 spiro atoms. The minimum absolute atomic E-state index is 0.311. The Labute approximate surface area is 105 Å². The van der Waals surface area contributed by atoms with Gasteiger partial charge in [0.15, 0.2) is 0 Å². The lowest BCUT2D eigenvalue weighted by Crippen LogP contribution is -1.77. The number of aryl methyl sites for hydroxylation is 2. The number of aromatic hydroxyl groups is 1. The molecule has 0 bridgehead atoms. The van der Waals surface area contributed by atoms with E-state index in [4.69, 9.17) is 4.42 Å². The summed E-state index contributed by atoms with van der Waals surface area (Å²) >= 11 is 0. The molecule has 0 aliphatic rings. The van der Waals surface area contributed by atoms with Gasteiger partial charge in [0.1, 0.15) is 17.1 Å². The average molecular weight is 238 g/mol. The number of benzene rings is 2. The van der Waals surface area contributed by atoms with Crippen molar-refractivity contribution in [1.82, 2.24) is 0 Å². The van der Waals surface area contributed by atoms with Crippen LogP contribution >= 0.6 is 0 Å². The molecule has 0 aliphatic heterocycles. The third-order valence-electron chi connectivity index (χ3n) is 3.22. The van der Waals surface area contributed by atoms with E-state index in [9.17, 15) is 5.11 Å². The summed E-state index contributed by atoms with van der Waals surface area (Å²) < 4.78 is 5.90. The minimum Gasteiger partial charge on any atom is -0.508 e. The van der Waals surface area contributed by atoms with Crippen LogP contribution in [0.3, 0.4) is 0 Å². The number of rotatable bonds is 1. The SMILES string of the molecule is Cc1cc(-c2cc3cccc(C)c3o2)ccc1O. The second kappa shape index (κ2) is 3.91. The number of fused-ring (bicyclic) bond motifs is 1. The zero-order valence-corrected chi connectivity index (χ0v) is 10.4. The summed E-state index contributed by atoms with van der Waals surface area (Å²) in [5, 5.41) is 10.7. The molecule has 3 aromatic rings. The summed E-state index contributed by atoms with van der Waals surface area (Å²) in [5.74, 6) is 1.15. The van der Waals surface area contributed by atoms with E-state index in [0.29, 0.717) is 5.75 Å². The molecule has 2 heteroatoms. The van der Waals surface area contributed by atoms with Crippen molar-refractivity contribution in [3.8, 4) is 17.1 Å². The predicted molar refractivity (Wildman–Crippen MR) is 72.8 cm³/mol. The Hall–Kier alpha value is -2.22. The van der Waals surface area contributed by atoms with Crippen LogP contribution in [0.5, 0.6) is 5.75 Å². The van der Waals surface area contributed by atoms with Gasteiger partial charge in [0.2, 0.25) is 0 Å². The molecule has 1 N–H and O–H groups in total. The Morgan fingerprint density at radius 1 is 0.944 bits per heavy atom. The fourth-order valence-electron chi connectivity index (χ4n) is 2.16.